The highest BCUT2D eigenvalue weighted by molar-refractivity contribution is 7.91. The summed E-state index contributed by atoms with van der Waals surface area (Å²) in [5.41, 5.74) is 6.29. The van der Waals surface area contributed by atoms with Gasteiger partial charge in [0.2, 0.25) is 27.7 Å². The lowest BCUT2D eigenvalue weighted by Gasteiger charge is -2.23. The molecule has 1 aliphatic heterocycles. The van der Waals surface area contributed by atoms with Gasteiger partial charge >= 0.3 is 11.8 Å². The first-order chi connectivity index (χ1) is 24.8. The first-order valence-corrected chi connectivity index (χ1v) is 20.6. The fraction of sp³-hybridized carbons (Fsp3) is 0.711. The van der Waals surface area contributed by atoms with E-state index < -0.39 is 38.4 Å². The van der Waals surface area contributed by atoms with E-state index >= 15 is 0 Å². The van der Waals surface area contributed by atoms with Gasteiger partial charge in [0, 0.05) is 19.0 Å². The van der Waals surface area contributed by atoms with Crippen LogP contribution in [0.5, 0.6) is 0 Å². The van der Waals surface area contributed by atoms with Crippen LogP contribution in [0.1, 0.15) is 119 Å². The molecule has 1 saturated heterocycles. The molecule has 1 aromatic heterocycles. The number of H-pyrrole nitrogens is 1. The number of aromatic amines is 1. The minimum atomic E-state index is -3.59. The van der Waals surface area contributed by atoms with Gasteiger partial charge in [0.1, 0.15) is 18.2 Å². The number of alkyl carbamates (subject to hydrolysis) is 1. The zero-order chi connectivity index (χ0) is 39.6. The monoisotopic (exact) mass is 762 g/mol. The molecule has 53 heavy (non-hydrogen) atoms. The highest BCUT2D eigenvalue weighted by Gasteiger charge is 2.55. The van der Waals surface area contributed by atoms with E-state index in [2.05, 4.69) is 35.8 Å². The molecule has 3 fully saturated rings. The quantitative estimate of drug-likeness (QED) is 0.194. The molecule has 14 nitrogen and oxygen atoms in total. The normalized spacial score (nSPS) is 20.1. The summed E-state index contributed by atoms with van der Waals surface area (Å²) in [5.74, 6) is -0.0823. The fourth-order valence-corrected chi connectivity index (χ4v) is 8.14. The number of aromatic nitrogens is 2. The number of imidazole rings is 1. The molecule has 5 rings (SSSR count). The van der Waals surface area contributed by atoms with Crippen molar-refractivity contribution in [3.8, 4) is 0 Å². The zero-order valence-corrected chi connectivity index (χ0v) is 33.5. The van der Waals surface area contributed by atoms with Gasteiger partial charge in [-0.25, -0.2) is 18.0 Å². The number of amides is 4. The van der Waals surface area contributed by atoms with E-state index in [0.29, 0.717) is 44.7 Å². The van der Waals surface area contributed by atoms with Crippen LogP contribution in [0, 0.1) is 17.8 Å². The Morgan fingerprint density at radius 3 is 2.28 bits per heavy atom. The highest BCUT2D eigenvalue weighted by atomic mass is 32.2. The maximum absolute atomic E-state index is 12.7. The van der Waals surface area contributed by atoms with Gasteiger partial charge in [-0.1, -0.05) is 65.5 Å². The molecule has 3 atom stereocenters. The van der Waals surface area contributed by atoms with Crippen LogP contribution in [-0.2, 0) is 35.7 Å². The van der Waals surface area contributed by atoms with Crippen molar-refractivity contribution in [2.75, 3.05) is 13.1 Å². The van der Waals surface area contributed by atoms with E-state index in [1.807, 2.05) is 31.2 Å². The molecular formula is C38H62N6O8S. The Labute approximate surface area is 314 Å². The van der Waals surface area contributed by atoms with Crippen LogP contribution in [0.3, 0.4) is 0 Å². The number of hydrogen-bond donors (Lipinski definition) is 4. The number of primary amides is 1. The molecule has 2 heterocycles. The number of nitrogens with two attached hydrogens (primary N) is 1. The van der Waals surface area contributed by atoms with Gasteiger partial charge in [-0.15, -0.1) is 0 Å². The molecule has 0 radical (unpaired) electrons. The first-order valence-electron chi connectivity index (χ1n) is 19.1. The standard InChI is InChI=1S/C22H31N3O4S.C12H21N3O4.C4H10/c1-2-16-15-17(16)20(26)24-30(28,29)22(12-13-22)11-7-3-4-8-14-25-19-10-6-5-9-18(19)23-21(25)27;1-12(2,3)19-11(18)14-7-9(16)15-6-4-5-8(15)10(13)17;1-4(2)3/h5-6,9-10,16-17H,2-4,7-8,11-15H2,1H3,(H,23,27)(H,24,26);8H,4-7H2,1-3H3,(H2,13,17)(H,14,18);4H,1-3H3/t16?,17-;;/m0../s1. The largest absolute Gasteiger partial charge is 0.444 e. The molecular weight excluding hydrogens is 701 g/mol. The molecule has 0 spiro atoms. The Morgan fingerprint density at radius 2 is 1.70 bits per heavy atom. The molecule has 2 unspecified atom stereocenters. The van der Waals surface area contributed by atoms with E-state index in [1.165, 1.54) is 4.90 Å². The van der Waals surface area contributed by atoms with E-state index in [0.717, 1.165) is 61.9 Å². The Kier molecular flexibility index (Phi) is 15.5. The van der Waals surface area contributed by atoms with Crippen molar-refractivity contribution >= 4 is 44.9 Å². The average molecular weight is 763 g/mol. The van der Waals surface area contributed by atoms with Crippen molar-refractivity contribution < 1.29 is 32.3 Å². The first kappa shape index (κ1) is 43.5. The fourth-order valence-electron chi connectivity index (χ4n) is 6.45. The van der Waals surface area contributed by atoms with Crippen LogP contribution in [0.2, 0.25) is 0 Å². The van der Waals surface area contributed by atoms with Crippen molar-refractivity contribution in [2.24, 2.45) is 23.5 Å². The number of likely N-dealkylation sites (tertiary alicyclic amines) is 1. The minimum absolute atomic E-state index is 0.0871. The maximum Gasteiger partial charge on any atom is 0.408 e. The zero-order valence-electron chi connectivity index (χ0n) is 32.7. The molecule has 2 aromatic rings. The number of aryl methyl sites for hydroxylation is 1. The molecule has 3 aliphatic rings. The Balaban J connectivity index is 0.000000283. The Bertz CT molecular complexity index is 1720. The number of carbonyl (C=O) groups is 4. The van der Waals surface area contributed by atoms with Gasteiger partial charge in [-0.3, -0.25) is 23.7 Å². The SMILES string of the molecule is CC(C)(C)OC(=O)NCC(=O)N1CCCC1C(N)=O.CC(C)C.CCC1C[C@@H]1C(=O)NS(=O)(=O)C1(CCCCCCn2c(=O)[nH]c3ccccc32)CC1. The third-order valence-corrected chi connectivity index (χ3v) is 11.7. The second-order valence-electron chi connectivity index (χ2n) is 16.2. The predicted octanol–water partition coefficient (Wildman–Crippen LogP) is 4.95. The molecule has 5 N–H and O–H groups in total. The number of sulfonamides is 1. The molecule has 2 saturated carbocycles. The summed E-state index contributed by atoms with van der Waals surface area (Å²) < 4.78 is 33.8. The van der Waals surface area contributed by atoms with E-state index in [4.69, 9.17) is 10.5 Å². The second kappa shape index (κ2) is 18.9. The summed E-state index contributed by atoms with van der Waals surface area (Å²) in [5, 5.41) is 2.37. The second-order valence-corrected chi connectivity index (χ2v) is 18.2. The van der Waals surface area contributed by atoms with Crippen LogP contribution in [0.25, 0.3) is 11.0 Å². The van der Waals surface area contributed by atoms with E-state index in [-0.39, 0.29) is 30.0 Å². The molecule has 0 bridgehead atoms. The highest BCUT2D eigenvalue weighted by Crippen LogP contribution is 2.48. The summed E-state index contributed by atoms with van der Waals surface area (Å²) in [6.45, 7) is 14.7. The van der Waals surface area contributed by atoms with Gasteiger partial charge < -0.3 is 25.7 Å². The van der Waals surface area contributed by atoms with Crippen LogP contribution in [0.15, 0.2) is 29.1 Å². The lowest BCUT2D eigenvalue weighted by atomic mass is 10.1. The number of hydrogen-bond acceptors (Lipinski definition) is 8. The summed E-state index contributed by atoms with van der Waals surface area (Å²) >= 11 is 0. The summed E-state index contributed by atoms with van der Waals surface area (Å²) in [7, 11) is -3.59. The number of fused-ring (bicyclic) bond motifs is 1. The Hall–Kier alpha value is -3.88. The van der Waals surface area contributed by atoms with Gasteiger partial charge in [-0.05, 0) is 89.7 Å². The number of nitrogens with one attached hydrogen (secondary N) is 3. The summed E-state index contributed by atoms with van der Waals surface area (Å²) in [4.78, 5) is 63.0. The van der Waals surface area contributed by atoms with Gasteiger partial charge in [0.05, 0.1) is 15.8 Å². The van der Waals surface area contributed by atoms with Crippen molar-refractivity contribution in [3.63, 3.8) is 0 Å². The average Bonchev–Trinajstić information content (AvgIpc) is 3.95. The molecule has 2 aliphatic carbocycles. The van der Waals surface area contributed by atoms with Gasteiger partial charge in [0.15, 0.2) is 0 Å². The van der Waals surface area contributed by atoms with Gasteiger partial charge in [0.25, 0.3) is 0 Å². The number of nitrogens with zero attached hydrogens (tertiary/aromatic N) is 2. The number of ether oxygens (including phenoxy) is 1. The topological polar surface area (TPSA) is 203 Å². The lowest BCUT2D eigenvalue weighted by molar-refractivity contribution is -0.136. The Morgan fingerprint density at radius 1 is 1.06 bits per heavy atom. The molecule has 1 aromatic carbocycles. The minimum Gasteiger partial charge on any atom is -0.444 e. The van der Waals surface area contributed by atoms with Crippen LogP contribution >= 0.6 is 0 Å². The predicted molar refractivity (Wildman–Crippen MR) is 205 cm³/mol. The van der Waals surface area contributed by atoms with Crippen LogP contribution in [-0.4, -0.2) is 76.2 Å². The number of para-hydroxylation sites is 2. The number of rotatable bonds is 14. The number of unbranched alkanes of at least 4 members (excludes halogenated alkanes) is 3. The molecule has 4 amide bonds. The van der Waals surface area contributed by atoms with Crippen LogP contribution in [0.4, 0.5) is 4.79 Å². The van der Waals surface area contributed by atoms with Crippen molar-refractivity contribution in [1.82, 2.24) is 24.5 Å². The molecule has 298 valence electrons. The molecule has 15 heteroatoms. The van der Waals surface area contributed by atoms with E-state index in [1.54, 1.807) is 25.3 Å². The number of benzene rings is 1. The maximum atomic E-state index is 12.7. The van der Waals surface area contributed by atoms with Crippen molar-refractivity contribution in [1.29, 1.82) is 0 Å². The summed E-state index contributed by atoms with van der Waals surface area (Å²) in [6, 6.07) is 7.10. The van der Waals surface area contributed by atoms with Crippen molar-refractivity contribution in [2.45, 2.75) is 142 Å². The van der Waals surface area contributed by atoms with Crippen LogP contribution < -0.4 is 21.5 Å². The summed E-state index contributed by atoms with van der Waals surface area (Å²) in [6.07, 6.45) is 7.83. The third-order valence-electron chi connectivity index (χ3n) is 9.53. The third kappa shape index (κ3) is 13.2. The lowest BCUT2D eigenvalue weighted by Crippen LogP contribution is -2.48. The van der Waals surface area contributed by atoms with E-state index in [9.17, 15) is 32.4 Å². The smallest absolute Gasteiger partial charge is 0.408 e. The van der Waals surface area contributed by atoms with Crippen molar-refractivity contribution in [3.05, 3.63) is 34.7 Å². The number of carbonyl (C=O) groups excluding carboxylic acids is 4. The van der Waals surface area contributed by atoms with Gasteiger partial charge in [-0.2, -0.15) is 0 Å².